The van der Waals surface area contributed by atoms with Crippen LogP contribution in [0.15, 0.2) is 29.2 Å². The molecular weight excluding hydrogens is 320 g/mol. The van der Waals surface area contributed by atoms with E-state index < -0.39 is 22.5 Å². The van der Waals surface area contributed by atoms with Crippen LogP contribution in [0.25, 0.3) is 0 Å². The standard InChI is InChI=1S/C15H20N2O5S/c1-16-8-6-13(7-9-16)17(10-15(19)20)23(21,22)14-5-3-2-4-12(14)11-18/h2-5,11,13H,6-10H2,1H3,(H,19,20). The van der Waals surface area contributed by atoms with Crippen molar-refractivity contribution >= 4 is 22.3 Å². The number of hydrogen-bond donors (Lipinski definition) is 1. The van der Waals surface area contributed by atoms with Crippen LogP contribution in [0.2, 0.25) is 0 Å². The number of carboxylic acid groups (broad SMARTS) is 1. The maximum Gasteiger partial charge on any atom is 0.318 e. The number of aliphatic carboxylic acids is 1. The van der Waals surface area contributed by atoms with Gasteiger partial charge in [-0.25, -0.2) is 8.42 Å². The molecule has 1 saturated heterocycles. The number of carbonyl (C=O) groups is 2. The second-order valence-corrected chi connectivity index (χ2v) is 7.49. The predicted octanol–water partition coefficient (Wildman–Crippen LogP) is 0.669. The third-order valence-electron chi connectivity index (χ3n) is 4.02. The van der Waals surface area contributed by atoms with E-state index in [9.17, 15) is 18.0 Å². The lowest BCUT2D eigenvalue weighted by molar-refractivity contribution is -0.137. The fourth-order valence-corrected chi connectivity index (χ4v) is 4.57. The Labute approximate surface area is 135 Å². The lowest BCUT2D eigenvalue weighted by atomic mass is 10.1. The van der Waals surface area contributed by atoms with Crippen molar-refractivity contribution in [2.45, 2.75) is 23.8 Å². The minimum atomic E-state index is -4.05. The van der Waals surface area contributed by atoms with Crippen LogP contribution in [-0.2, 0) is 14.8 Å². The molecule has 7 nitrogen and oxygen atoms in total. The first kappa shape index (κ1) is 17.6. The van der Waals surface area contributed by atoms with Gasteiger partial charge in [0.15, 0.2) is 6.29 Å². The van der Waals surface area contributed by atoms with E-state index in [4.69, 9.17) is 5.11 Å². The Morgan fingerprint density at radius 1 is 1.35 bits per heavy atom. The molecule has 1 aliphatic rings. The average molecular weight is 340 g/mol. The van der Waals surface area contributed by atoms with Gasteiger partial charge < -0.3 is 10.0 Å². The van der Waals surface area contributed by atoms with E-state index >= 15 is 0 Å². The first-order valence-corrected chi connectivity index (χ1v) is 8.76. The molecule has 2 rings (SSSR count). The molecule has 0 amide bonds. The maximum absolute atomic E-state index is 12.9. The van der Waals surface area contributed by atoms with E-state index in [1.54, 1.807) is 6.07 Å². The number of likely N-dealkylation sites (tertiary alicyclic amines) is 1. The summed E-state index contributed by atoms with van der Waals surface area (Å²) in [7, 11) is -2.11. The minimum absolute atomic E-state index is 0.0378. The zero-order valence-electron chi connectivity index (χ0n) is 12.9. The Morgan fingerprint density at radius 2 is 1.96 bits per heavy atom. The Hall–Kier alpha value is -1.77. The molecule has 1 N–H and O–H groups in total. The molecule has 0 saturated carbocycles. The summed E-state index contributed by atoms with van der Waals surface area (Å²) in [5.41, 5.74) is 0.0378. The largest absolute Gasteiger partial charge is 0.480 e. The van der Waals surface area contributed by atoms with Gasteiger partial charge in [-0.15, -0.1) is 0 Å². The molecule has 0 atom stereocenters. The molecule has 0 bridgehead atoms. The number of aldehydes is 1. The number of benzene rings is 1. The summed E-state index contributed by atoms with van der Waals surface area (Å²) in [5, 5.41) is 9.12. The number of nitrogens with zero attached hydrogens (tertiary/aromatic N) is 2. The second-order valence-electron chi connectivity index (χ2n) is 5.63. The number of hydrogen-bond acceptors (Lipinski definition) is 5. The molecule has 1 heterocycles. The fraction of sp³-hybridized carbons (Fsp3) is 0.467. The molecule has 1 aromatic rings. The van der Waals surface area contributed by atoms with E-state index in [1.807, 2.05) is 7.05 Å². The molecule has 0 aliphatic carbocycles. The van der Waals surface area contributed by atoms with Gasteiger partial charge in [-0.1, -0.05) is 18.2 Å². The summed E-state index contributed by atoms with van der Waals surface area (Å²) in [6, 6.07) is 5.45. The molecule has 0 aromatic heterocycles. The van der Waals surface area contributed by atoms with Gasteiger partial charge in [-0.2, -0.15) is 4.31 Å². The van der Waals surface area contributed by atoms with Gasteiger partial charge in [-0.05, 0) is 39.0 Å². The van der Waals surface area contributed by atoms with Crippen LogP contribution < -0.4 is 0 Å². The number of rotatable bonds is 6. The van der Waals surface area contributed by atoms with E-state index in [0.717, 1.165) is 4.31 Å². The number of piperidine rings is 1. The molecule has 126 valence electrons. The van der Waals surface area contributed by atoms with Gasteiger partial charge in [0.05, 0.1) is 4.90 Å². The predicted molar refractivity (Wildman–Crippen MR) is 83.9 cm³/mol. The summed E-state index contributed by atoms with van der Waals surface area (Å²) in [5.74, 6) is -1.21. The monoisotopic (exact) mass is 340 g/mol. The third-order valence-corrected chi connectivity index (χ3v) is 5.99. The van der Waals surface area contributed by atoms with E-state index in [0.29, 0.717) is 32.2 Å². The Balaban J connectivity index is 2.41. The van der Waals surface area contributed by atoms with Crippen LogP contribution in [0.5, 0.6) is 0 Å². The van der Waals surface area contributed by atoms with E-state index in [2.05, 4.69) is 4.90 Å². The van der Waals surface area contributed by atoms with Crippen molar-refractivity contribution in [3.8, 4) is 0 Å². The molecule has 1 aromatic carbocycles. The number of sulfonamides is 1. The van der Waals surface area contributed by atoms with Crippen LogP contribution in [0, 0.1) is 0 Å². The Kier molecular flexibility index (Phi) is 5.51. The second kappa shape index (κ2) is 7.20. The highest BCUT2D eigenvalue weighted by Gasteiger charge is 2.35. The summed E-state index contributed by atoms with van der Waals surface area (Å²) < 4.78 is 26.9. The molecular formula is C15H20N2O5S. The van der Waals surface area contributed by atoms with Gasteiger partial charge in [0.2, 0.25) is 10.0 Å². The van der Waals surface area contributed by atoms with Crippen LogP contribution in [0.4, 0.5) is 0 Å². The van der Waals surface area contributed by atoms with Gasteiger partial charge in [-0.3, -0.25) is 9.59 Å². The molecule has 0 unspecified atom stereocenters. The quantitative estimate of drug-likeness (QED) is 0.765. The molecule has 1 fully saturated rings. The summed E-state index contributed by atoms with van der Waals surface area (Å²) in [6.45, 7) is 0.793. The average Bonchev–Trinajstić information content (AvgIpc) is 2.53. The smallest absolute Gasteiger partial charge is 0.318 e. The van der Waals surface area contributed by atoms with Crippen molar-refractivity contribution in [1.82, 2.24) is 9.21 Å². The maximum atomic E-state index is 12.9. The molecule has 8 heteroatoms. The highest BCUT2D eigenvalue weighted by atomic mass is 32.2. The Bertz CT molecular complexity index is 681. The first-order chi connectivity index (χ1) is 10.9. The van der Waals surface area contributed by atoms with Crippen molar-refractivity contribution < 1.29 is 23.1 Å². The zero-order chi connectivity index (χ0) is 17.0. The number of carbonyl (C=O) groups excluding carboxylic acids is 1. The van der Waals surface area contributed by atoms with Crippen LogP contribution >= 0.6 is 0 Å². The highest BCUT2D eigenvalue weighted by Crippen LogP contribution is 2.25. The van der Waals surface area contributed by atoms with Crippen LogP contribution in [-0.4, -0.2) is 67.7 Å². The minimum Gasteiger partial charge on any atom is -0.480 e. The lowest BCUT2D eigenvalue weighted by Gasteiger charge is -2.35. The Morgan fingerprint density at radius 3 is 2.52 bits per heavy atom. The highest BCUT2D eigenvalue weighted by molar-refractivity contribution is 7.89. The summed E-state index contributed by atoms with van der Waals surface area (Å²) in [6.07, 6.45) is 1.60. The molecule has 0 radical (unpaired) electrons. The van der Waals surface area contributed by atoms with Gasteiger partial charge >= 0.3 is 5.97 Å². The van der Waals surface area contributed by atoms with Gasteiger partial charge in [0, 0.05) is 11.6 Å². The normalized spacial score (nSPS) is 17.3. The van der Waals surface area contributed by atoms with Crippen molar-refractivity contribution in [3.63, 3.8) is 0 Å². The lowest BCUT2D eigenvalue weighted by Crippen LogP contribution is -2.48. The summed E-state index contributed by atoms with van der Waals surface area (Å²) in [4.78, 5) is 24.2. The van der Waals surface area contributed by atoms with Crippen LogP contribution in [0.3, 0.4) is 0 Å². The van der Waals surface area contributed by atoms with Crippen molar-refractivity contribution in [1.29, 1.82) is 0 Å². The zero-order valence-corrected chi connectivity index (χ0v) is 13.7. The molecule has 1 aliphatic heterocycles. The van der Waals surface area contributed by atoms with Gasteiger partial charge in [0.1, 0.15) is 6.54 Å². The van der Waals surface area contributed by atoms with Crippen LogP contribution in [0.1, 0.15) is 23.2 Å². The molecule has 23 heavy (non-hydrogen) atoms. The van der Waals surface area contributed by atoms with Gasteiger partial charge in [0.25, 0.3) is 0 Å². The topological polar surface area (TPSA) is 95.0 Å². The van der Waals surface area contributed by atoms with Crippen molar-refractivity contribution in [2.24, 2.45) is 0 Å². The third kappa shape index (κ3) is 3.95. The molecule has 0 spiro atoms. The van der Waals surface area contributed by atoms with Crippen molar-refractivity contribution in [2.75, 3.05) is 26.7 Å². The number of carboxylic acids is 1. The SMILES string of the molecule is CN1CCC(N(CC(=O)O)S(=O)(=O)c2ccccc2C=O)CC1. The van der Waals surface area contributed by atoms with Crippen molar-refractivity contribution in [3.05, 3.63) is 29.8 Å². The van der Waals surface area contributed by atoms with E-state index in [-0.39, 0.29) is 16.5 Å². The summed E-state index contributed by atoms with van der Waals surface area (Å²) >= 11 is 0. The van der Waals surface area contributed by atoms with E-state index in [1.165, 1.54) is 18.2 Å². The fourth-order valence-electron chi connectivity index (χ4n) is 2.77. The first-order valence-electron chi connectivity index (χ1n) is 7.32.